The second-order valence-electron chi connectivity index (χ2n) is 5.65. The van der Waals surface area contributed by atoms with Crippen LogP contribution in [0.25, 0.3) is 0 Å². The molecule has 0 amide bonds. The minimum atomic E-state index is -0.582. The number of hydrogen-bond donors (Lipinski definition) is 1. The van der Waals surface area contributed by atoms with Crippen LogP contribution in [-0.4, -0.2) is 11.3 Å². The Kier molecular flexibility index (Phi) is 2.09. The third kappa shape index (κ3) is 1.74. The molecule has 1 aliphatic carbocycles. The van der Waals surface area contributed by atoms with Gasteiger partial charge in [0.15, 0.2) is 5.78 Å². The van der Waals surface area contributed by atoms with Crippen LogP contribution in [0.3, 0.4) is 0 Å². The van der Waals surface area contributed by atoms with Gasteiger partial charge in [-0.1, -0.05) is 0 Å². The van der Waals surface area contributed by atoms with Crippen molar-refractivity contribution in [2.45, 2.75) is 44.6 Å². The van der Waals surface area contributed by atoms with Crippen LogP contribution in [0.5, 0.6) is 0 Å². The van der Waals surface area contributed by atoms with Crippen molar-refractivity contribution in [2.75, 3.05) is 5.32 Å². The minimum absolute atomic E-state index is 0.179. The maximum absolute atomic E-state index is 13.6. The number of rotatable bonds is 1. The van der Waals surface area contributed by atoms with Crippen molar-refractivity contribution in [3.8, 4) is 0 Å². The van der Waals surface area contributed by atoms with E-state index in [1.807, 2.05) is 13.8 Å². The Labute approximate surface area is 100 Å². The van der Waals surface area contributed by atoms with Gasteiger partial charge in [0, 0.05) is 12.1 Å². The zero-order chi connectivity index (χ0) is 12.2. The Bertz CT molecular complexity index is 503. The number of ketones is 1. The van der Waals surface area contributed by atoms with E-state index in [2.05, 4.69) is 5.32 Å². The van der Waals surface area contributed by atoms with Gasteiger partial charge in [-0.3, -0.25) is 4.79 Å². The number of carbonyl (C=O) groups is 1. The summed E-state index contributed by atoms with van der Waals surface area (Å²) in [7, 11) is 0. The van der Waals surface area contributed by atoms with E-state index in [0.717, 1.165) is 29.7 Å². The Morgan fingerprint density at radius 2 is 2.06 bits per heavy atom. The van der Waals surface area contributed by atoms with E-state index < -0.39 is 5.54 Å². The topological polar surface area (TPSA) is 29.1 Å². The van der Waals surface area contributed by atoms with Crippen LogP contribution >= 0.6 is 0 Å². The number of carbonyl (C=O) groups excluding carboxylic acids is 1. The summed E-state index contributed by atoms with van der Waals surface area (Å²) in [6.07, 6.45) is 2.67. The summed E-state index contributed by atoms with van der Waals surface area (Å²) in [6.45, 7) is 3.69. The van der Waals surface area contributed by atoms with E-state index in [1.165, 1.54) is 6.07 Å². The molecule has 1 fully saturated rings. The molecule has 0 atom stereocenters. The monoisotopic (exact) mass is 233 g/mol. The molecule has 0 radical (unpaired) electrons. The van der Waals surface area contributed by atoms with E-state index >= 15 is 0 Å². The van der Waals surface area contributed by atoms with Gasteiger partial charge in [0.2, 0.25) is 0 Å². The molecule has 0 aromatic heterocycles. The molecule has 1 saturated carbocycles. The lowest BCUT2D eigenvalue weighted by atomic mass is 9.85. The van der Waals surface area contributed by atoms with Gasteiger partial charge in [0.25, 0.3) is 0 Å². The molecule has 0 bridgehead atoms. The highest BCUT2D eigenvalue weighted by Gasteiger charge is 2.36. The van der Waals surface area contributed by atoms with E-state index in [4.69, 9.17) is 0 Å². The molecule has 2 aliphatic rings. The quantitative estimate of drug-likeness (QED) is 0.807. The predicted octanol–water partition coefficient (Wildman–Crippen LogP) is 3.02. The summed E-state index contributed by atoms with van der Waals surface area (Å²) in [4.78, 5) is 12.0. The molecule has 1 aliphatic heterocycles. The first-order chi connectivity index (χ1) is 7.97. The average molecular weight is 233 g/mol. The van der Waals surface area contributed by atoms with E-state index in [0.29, 0.717) is 12.3 Å². The number of halogens is 1. The van der Waals surface area contributed by atoms with Gasteiger partial charge in [-0.05, 0) is 55.9 Å². The number of hydrogen-bond acceptors (Lipinski definition) is 2. The molecule has 0 unspecified atom stereocenters. The van der Waals surface area contributed by atoms with Crippen molar-refractivity contribution in [1.82, 2.24) is 0 Å². The smallest absolute Gasteiger partial charge is 0.162 e. The lowest BCUT2D eigenvalue weighted by Gasteiger charge is -2.33. The average Bonchev–Trinajstić information content (AvgIpc) is 3.02. The van der Waals surface area contributed by atoms with Crippen molar-refractivity contribution in [3.63, 3.8) is 0 Å². The molecular weight excluding hydrogens is 217 g/mol. The SMILES string of the molecule is CC1(C)Nc2cc(F)cc(C3CC3)c2CC1=O. The van der Waals surface area contributed by atoms with Gasteiger partial charge in [-0.25, -0.2) is 4.39 Å². The third-order valence-electron chi connectivity index (χ3n) is 3.75. The second kappa shape index (κ2) is 3.31. The van der Waals surface area contributed by atoms with E-state index in [-0.39, 0.29) is 11.6 Å². The summed E-state index contributed by atoms with van der Waals surface area (Å²) in [5.74, 6) is 0.442. The lowest BCUT2D eigenvalue weighted by molar-refractivity contribution is -0.122. The Morgan fingerprint density at radius 3 is 2.71 bits per heavy atom. The normalized spacial score (nSPS) is 21.9. The fourth-order valence-electron chi connectivity index (χ4n) is 2.51. The Balaban J connectivity index is 2.12. The summed E-state index contributed by atoms with van der Waals surface area (Å²) in [5.41, 5.74) is 2.27. The number of benzene rings is 1. The molecule has 90 valence electrons. The molecule has 1 N–H and O–H groups in total. The lowest BCUT2D eigenvalue weighted by Crippen LogP contribution is -2.45. The van der Waals surface area contributed by atoms with Gasteiger partial charge in [0.1, 0.15) is 5.82 Å². The molecule has 1 aromatic carbocycles. The molecule has 1 aromatic rings. The molecule has 3 rings (SSSR count). The minimum Gasteiger partial charge on any atom is -0.373 e. The van der Waals surface area contributed by atoms with Crippen LogP contribution in [0.4, 0.5) is 10.1 Å². The number of anilines is 1. The van der Waals surface area contributed by atoms with Crippen LogP contribution < -0.4 is 5.32 Å². The Morgan fingerprint density at radius 1 is 1.35 bits per heavy atom. The number of nitrogens with one attached hydrogen (secondary N) is 1. The van der Waals surface area contributed by atoms with Crippen molar-refractivity contribution in [1.29, 1.82) is 0 Å². The third-order valence-corrected chi connectivity index (χ3v) is 3.75. The maximum atomic E-state index is 13.6. The van der Waals surface area contributed by atoms with Gasteiger partial charge in [0.05, 0.1) is 5.54 Å². The van der Waals surface area contributed by atoms with E-state index in [9.17, 15) is 9.18 Å². The standard InChI is InChI=1S/C14H16FNO/c1-14(2)13(17)7-11-10(8-3-4-8)5-9(15)6-12(11)16-14/h5-6,8,16H,3-4,7H2,1-2H3. The van der Waals surface area contributed by atoms with Gasteiger partial charge in [-0.2, -0.15) is 0 Å². The highest BCUT2D eigenvalue weighted by atomic mass is 19.1. The van der Waals surface area contributed by atoms with Gasteiger partial charge >= 0.3 is 0 Å². The highest BCUT2D eigenvalue weighted by Crippen LogP contribution is 2.45. The molecule has 17 heavy (non-hydrogen) atoms. The Hall–Kier alpha value is -1.38. The van der Waals surface area contributed by atoms with Crippen molar-refractivity contribution in [3.05, 3.63) is 29.1 Å². The van der Waals surface area contributed by atoms with Crippen LogP contribution in [0, 0.1) is 5.82 Å². The number of Topliss-reactive ketones (excluding diaryl/α,β-unsaturated/α-hetero) is 1. The van der Waals surface area contributed by atoms with Gasteiger partial charge in [-0.15, -0.1) is 0 Å². The predicted molar refractivity (Wildman–Crippen MR) is 64.8 cm³/mol. The van der Waals surface area contributed by atoms with Gasteiger partial charge < -0.3 is 5.32 Å². The second-order valence-corrected chi connectivity index (χ2v) is 5.65. The molecule has 1 heterocycles. The first-order valence-electron chi connectivity index (χ1n) is 6.11. The van der Waals surface area contributed by atoms with Crippen molar-refractivity contribution in [2.24, 2.45) is 0 Å². The fourth-order valence-corrected chi connectivity index (χ4v) is 2.51. The molecular formula is C14H16FNO. The van der Waals surface area contributed by atoms with Crippen LogP contribution in [0.1, 0.15) is 43.7 Å². The number of fused-ring (bicyclic) bond motifs is 1. The largest absolute Gasteiger partial charge is 0.373 e. The van der Waals surface area contributed by atoms with Crippen LogP contribution in [0.2, 0.25) is 0 Å². The first kappa shape index (κ1) is 10.8. The highest BCUT2D eigenvalue weighted by molar-refractivity contribution is 5.96. The molecule has 3 heteroatoms. The zero-order valence-electron chi connectivity index (χ0n) is 10.1. The van der Waals surface area contributed by atoms with Crippen LogP contribution in [0.15, 0.2) is 12.1 Å². The summed E-state index contributed by atoms with van der Waals surface area (Å²) in [6, 6.07) is 3.11. The summed E-state index contributed by atoms with van der Waals surface area (Å²) >= 11 is 0. The van der Waals surface area contributed by atoms with Crippen LogP contribution in [-0.2, 0) is 11.2 Å². The molecule has 0 spiro atoms. The summed E-state index contributed by atoms with van der Waals surface area (Å²) < 4.78 is 13.6. The maximum Gasteiger partial charge on any atom is 0.162 e. The fraction of sp³-hybridized carbons (Fsp3) is 0.500. The van der Waals surface area contributed by atoms with E-state index in [1.54, 1.807) is 6.07 Å². The molecule has 2 nitrogen and oxygen atoms in total. The van der Waals surface area contributed by atoms with Crippen molar-refractivity contribution < 1.29 is 9.18 Å². The van der Waals surface area contributed by atoms with Crippen molar-refractivity contribution >= 4 is 11.5 Å². The first-order valence-corrected chi connectivity index (χ1v) is 6.11. The molecule has 0 saturated heterocycles. The summed E-state index contributed by atoms with van der Waals surface area (Å²) in [5, 5.41) is 3.16. The zero-order valence-corrected chi connectivity index (χ0v) is 10.1.